The summed E-state index contributed by atoms with van der Waals surface area (Å²) >= 11 is 0. The number of amides is 1. The number of hydrogen-bond donors (Lipinski definition) is 1. The Morgan fingerprint density at radius 1 is 1.09 bits per heavy atom. The van der Waals surface area contributed by atoms with Crippen molar-refractivity contribution in [1.82, 2.24) is 0 Å². The van der Waals surface area contributed by atoms with E-state index in [1.165, 1.54) is 4.90 Å². The second-order valence-electron chi connectivity index (χ2n) is 5.55. The van der Waals surface area contributed by atoms with E-state index in [-0.39, 0.29) is 0 Å². The van der Waals surface area contributed by atoms with E-state index in [1.54, 1.807) is 12.1 Å². The van der Waals surface area contributed by atoms with Crippen molar-refractivity contribution in [2.24, 2.45) is 5.92 Å². The minimum Gasteiger partial charge on any atom is -0.493 e. The molecule has 0 aliphatic rings. The normalized spacial score (nSPS) is 10.5. The van der Waals surface area contributed by atoms with Crippen molar-refractivity contribution in [2.75, 3.05) is 11.5 Å². The molecule has 0 aliphatic heterocycles. The molecule has 0 spiro atoms. The van der Waals surface area contributed by atoms with Crippen LogP contribution >= 0.6 is 0 Å². The van der Waals surface area contributed by atoms with Crippen LogP contribution in [-0.2, 0) is 6.54 Å². The van der Waals surface area contributed by atoms with Crippen molar-refractivity contribution in [1.29, 1.82) is 0 Å². The van der Waals surface area contributed by atoms with E-state index < -0.39 is 6.09 Å². The summed E-state index contributed by atoms with van der Waals surface area (Å²) in [5.41, 5.74) is 1.58. The maximum Gasteiger partial charge on any atom is 0.412 e. The molecule has 2 rings (SSSR count). The zero-order valence-electron chi connectivity index (χ0n) is 12.9. The SMILES string of the molecule is CC(C)COc1ccc(CN(C(=O)O)c2ccccc2)cc1. The lowest BCUT2D eigenvalue weighted by Gasteiger charge is -2.19. The first kappa shape index (κ1) is 15.9. The Morgan fingerprint density at radius 2 is 1.73 bits per heavy atom. The van der Waals surface area contributed by atoms with Crippen LogP contribution in [0.15, 0.2) is 54.6 Å². The first-order chi connectivity index (χ1) is 10.6. The fraction of sp³-hybridized carbons (Fsp3) is 0.278. The molecule has 0 aromatic heterocycles. The number of carboxylic acid groups (broad SMARTS) is 1. The van der Waals surface area contributed by atoms with Crippen molar-refractivity contribution in [2.45, 2.75) is 20.4 Å². The van der Waals surface area contributed by atoms with Crippen LogP contribution in [0.5, 0.6) is 5.75 Å². The van der Waals surface area contributed by atoms with E-state index in [1.807, 2.05) is 42.5 Å². The van der Waals surface area contributed by atoms with Gasteiger partial charge in [-0.3, -0.25) is 4.90 Å². The summed E-state index contributed by atoms with van der Waals surface area (Å²) in [6.07, 6.45) is -0.966. The summed E-state index contributed by atoms with van der Waals surface area (Å²) in [6.45, 7) is 5.17. The highest BCUT2D eigenvalue weighted by Gasteiger charge is 2.14. The summed E-state index contributed by atoms with van der Waals surface area (Å²) < 4.78 is 5.63. The number of anilines is 1. The highest BCUT2D eigenvalue weighted by atomic mass is 16.5. The quantitative estimate of drug-likeness (QED) is 0.859. The maximum absolute atomic E-state index is 11.4. The van der Waals surface area contributed by atoms with Gasteiger partial charge in [-0.25, -0.2) is 4.79 Å². The van der Waals surface area contributed by atoms with Gasteiger partial charge in [0.25, 0.3) is 0 Å². The van der Waals surface area contributed by atoms with Crippen molar-refractivity contribution < 1.29 is 14.6 Å². The highest BCUT2D eigenvalue weighted by Crippen LogP contribution is 2.19. The molecule has 0 aliphatic carbocycles. The summed E-state index contributed by atoms with van der Waals surface area (Å²) in [5.74, 6) is 1.28. The van der Waals surface area contributed by atoms with Crippen LogP contribution in [0.2, 0.25) is 0 Å². The van der Waals surface area contributed by atoms with Crippen LogP contribution in [0.1, 0.15) is 19.4 Å². The third-order valence-electron chi connectivity index (χ3n) is 3.15. The molecule has 0 saturated heterocycles. The fourth-order valence-electron chi connectivity index (χ4n) is 2.01. The Bertz CT molecular complexity index is 593. The van der Waals surface area contributed by atoms with Gasteiger partial charge in [-0.2, -0.15) is 0 Å². The van der Waals surface area contributed by atoms with E-state index in [9.17, 15) is 9.90 Å². The summed E-state index contributed by atoms with van der Waals surface area (Å²) in [5, 5.41) is 9.39. The minimum absolute atomic E-state index is 0.309. The van der Waals surface area contributed by atoms with Crippen LogP contribution in [0.3, 0.4) is 0 Å². The molecular formula is C18H21NO3. The van der Waals surface area contributed by atoms with Crippen molar-refractivity contribution in [3.05, 3.63) is 60.2 Å². The van der Waals surface area contributed by atoms with E-state index in [0.717, 1.165) is 11.3 Å². The number of ether oxygens (including phenoxy) is 1. The zero-order valence-corrected chi connectivity index (χ0v) is 12.9. The smallest absolute Gasteiger partial charge is 0.412 e. The summed E-state index contributed by atoms with van der Waals surface area (Å²) in [4.78, 5) is 12.8. The minimum atomic E-state index is -0.966. The Kier molecular flexibility index (Phi) is 5.42. The summed E-state index contributed by atoms with van der Waals surface area (Å²) in [6, 6.07) is 16.6. The number of hydrogen-bond acceptors (Lipinski definition) is 2. The van der Waals surface area contributed by atoms with Gasteiger partial charge in [0.15, 0.2) is 0 Å². The molecule has 0 atom stereocenters. The Labute approximate surface area is 131 Å². The lowest BCUT2D eigenvalue weighted by Crippen LogP contribution is -2.28. The largest absolute Gasteiger partial charge is 0.493 e. The van der Waals surface area contributed by atoms with Gasteiger partial charge in [-0.15, -0.1) is 0 Å². The second kappa shape index (κ2) is 7.50. The number of nitrogens with zero attached hydrogens (tertiary/aromatic N) is 1. The van der Waals surface area contributed by atoms with Crippen LogP contribution in [0.4, 0.5) is 10.5 Å². The van der Waals surface area contributed by atoms with Crippen LogP contribution in [0, 0.1) is 5.92 Å². The molecule has 0 radical (unpaired) electrons. The third kappa shape index (κ3) is 4.52. The molecule has 2 aromatic carbocycles. The molecule has 4 heteroatoms. The highest BCUT2D eigenvalue weighted by molar-refractivity contribution is 5.85. The van der Waals surface area contributed by atoms with E-state index in [2.05, 4.69) is 13.8 Å². The van der Waals surface area contributed by atoms with E-state index in [0.29, 0.717) is 24.8 Å². The van der Waals surface area contributed by atoms with Crippen molar-refractivity contribution in [3.8, 4) is 5.75 Å². The molecule has 0 heterocycles. The van der Waals surface area contributed by atoms with Crippen molar-refractivity contribution in [3.63, 3.8) is 0 Å². The Morgan fingerprint density at radius 3 is 2.27 bits per heavy atom. The Balaban J connectivity index is 2.06. The summed E-state index contributed by atoms with van der Waals surface area (Å²) in [7, 11) is 0. The molecule has 0 bridgehead atoms. The molecule has 1 amide bonds. The van der Waals surface area contributed by atoms with Gasteiger partial charge in [0.2, 0.25) is 0 Å². The van der Waals surface area contributed by atoms with Gasteiger partial charge in [0, 0.05) is 5.69 Å². The molecule has 22 heavy (non-hydrogen) atoms. The first-order valence-corrected chi connectivity index (χ1v) is 7.33. The van der Waals surface area contributed by atoms with E-state index >= 15 is 0 Å². The molecule has 2 aromatic rings. The standard InChI is InChI=1S/C18H21NO3/c1-14(2)13-22-17-10-8-15(9-11-17)12-19(18(20)21)16-6-4-3-5-7-16/h3-11,14H,12-13H2,1-2H3,(H,20,21). The predicted octanol–water partition coefficient (Wildman–Crippen LogP) is 4.41. The number of benzene rings is 2. The molecular weight excluding hydrogens is 278 g/mol. The molecule has 116 valence electrons. The third-order valence-corrected chi connectivity index (χ3v) is 3.15. The molecule has 0 unspecified atom stereocenters. The van der Waals surface area contributed by atoms with Crippen LogP contribution in [0.25, 0.3) is 0 Å². The number of carbonyl (C=O) groups is 1. The van der Waals surface area contributed by atoms with Crippen LogP contribution in [-0.4, -0.2) is 17.8 Å². The van der Waals surface area contributed by atoms with Gasteiger partial charge in [0.05, 0.1) is 13.2 Å². The monoisotopic (exact) mass is 299 g/mol. The lowest BCUT2D eigenvalue weighted by atomic mass is 10.2. The van der Waals surface area contributed by atoms with Gasteiger partial charge in [-0.1, -0.05) is 44.2 Å². The zero-order chi connectivity index (χ0) is 15.9. The maximum atomic E-state index is 11.4. The first-order valence-electron chi connectivity index (χ1n) is 7.33. The van der Waals surface area contributed by atoms with Gasteiger partial charge < -0.3 is 9.84 Å². The van der Waals surface area contributed by atoms with Crippen LogP contribution < -0.4 is 9.64 Å². The fourth-order valence-corrected chi connectivity index (χ4v) is 2.01. The number of rotatable bonds is 6. The van der Waals surface area contributed by atoms with E-state index in [4.69, 9.17) is 4.74 Å². The topological polar surface area (TPSA) is 49.8 Å². The molecule has 1 N–H and O–H groups in total. The Hall–Kier alpha value is -2.49. The molecule has 0 fully saturated rings. The van der Waals surface area contributed by atoms with Gasteiger partial charge in [0.1, 0.15) is 5.75 Å². The van der Waals surface area contributed by atoms with Crippen molar-refractivity contribution >= 4 is 11.8 Å². The predicted molar refractivity (Wildman–Crippen MR) is 87.4 cm³/mol. The lowest BCUT2D eigenvalue weighted by molar-refractivity contribution is 0.201. The number of para-hydroxylation sites is 1. The van der Waals surface area contributed by atoms with Gasteiger partial charge in [-0.05, 0) is 35.7 Å². The average molecular weight is 299 g/mol. The van der Waals surface area contributed by atoms with Gasteiger partial charge >= 0.3 is 6.09 Å². The molecule has 4 nitrogen and oxygen atoms in total. The average Bonchev–Trinajstić information content (AvgIpc) is 2.52. The second-order valence-corrected chi connectivity index (χ2v) is 5.55. The molecule has 0 saturated carbocycles.